The maximum Gasteiger partial charge on any atom is 0.251 e. The Morgan fingerprint density at radius 1 is 1.19 bits per heavy atom. The van der Waals surface area contributed by atoms with Gasteiger partial charge in [0, 0.05) is 18.0 Å². The minimum absolute atomic E-state index is 0.0790. The summed E-state index contributed by atoms with van der Waals surface area (Å²) in [6.45, 7) is 6.39. The lowest BCUT2D eigenvalue weighted by Gasteiger charge is -2.17. The molecule has 4 heteroatoms. The number of para-hydroxylation sites is 1. The van der Waals surface area contributed by atoms with Crippen LogP contribution in [0, 0.1) is 13.8 Å². The van der Waals surface area contributed by atoms with Gasteiger partial charge in [-0.05, 0) is 44.0 Å². The summed E-state index contributed by atoms with van der Waals surface area (Å²) in [5.41, 5.74) is 2.80. The maximum absolute atomic E-state index is 12.0. The number of ether oxygens (including phenoxy) is 1. The molecule has 0 radical (unpaired) electrons. The highest BCUT2D eigenvalue weighted by atomic mass is 16.5. The Morgan fingerprint density at radius 3 is 2.43 bits per heavy atom. The fourth-order valence-corrected chi connectivity index (χ4v) is 2.09. The van der Waals surface area contributed by atoms with Gasteiger partial charge in [0.25, 0.3) is 5.91 Å². The second kappa shape index (κ2) is 6.88. The van der Waals surface area contributed by atoms with Crippen molar-refractivity contribution in [3.05, 3.63) is 59.4 Å². The van der Waals surface area contributed by atoms with Crippen molar-refractivity contribution < 1.29 is 9.53 Å². The molecule has 1 unspecified atom stereocenters. The SMILES string of the molecule is Cc1cccc(C)c1OCC(C)NC(=O)c1ccncc1. The number of pyridine rings is 1. The molecule has 1 atom stereocenters. The number of rotatable bonds is 5. The van der Waals surface area contributed by atoms with Crippen molar-refractivity contribution in [2.45, 2.75) is 26.8 Å². The van der Waals surface area contributed by atoms with E-state index in [2.05, 4.69) is 10.3 Å². The van der Waals surface area contributed by atoms with Gasteiger partial charge in [-0.2, -0.15) is 0 Å². The molecule has 0 aliphatic rings. The van der Waals surface area contributed by atoms with Crippen molar-refractivity contribution in [3.63, 3.8) is 0 Å². The molecule has 0 aliphatic carbocycles. The number of nitrogens with zero attached hydrogens (tertiary/aromatic N) is 1. The van der Waals surface area contributed by atoms with E-state index in [9.17, 15) is 4.79 Å². The van der Waals surface area contributed by atoms with E-state index in [4.69, 9.17) is 4.74 Å². The number of aromatic nitrogens is 1. The van der Waals surface area contributed by atoms with Crippen molar-refractivity contribution in [2.24, 2.45) is 0 Å². The molecule has 110 valence electrons. The van der Waals surface area contributed by atoms with Crippen LogP contribution in [0.2, 0.25) is 0 Å². The fraction of sp³-hybridized carbons (Fsp3) is 0.294. The van der Waals surface area contributed by atoms with Gasteiger partial charge in [-0.25, -0.2) is 0 Å². The third-order valence-electron chi connectivity index (χ3n) is 3.21. The Balaban J connectivity index is 1.91. The zero-order valence-electron chi connectivity index (χ0n) is 12.6. The first-order valence-corrected chi connectivity index (χ1v) is 6.98. The molecule has 0 spiro atoms. The van der Waals surface area contributed by atoms with Gasteiger partial charge in [0.1, 0.15) is 12.4 Å². The number of benzene rings is 1. The van der Waals surface area contributed by atoms with Gasteiger partial charge in [-0.15, -0.1) is 0 Å². The first-order valence-electron chi connectivity index (χ1n) is 6.98. The lowest BCUT2D eigenvalue weighted by molar-refractivity contribution is 0.0926. The molecule has 0 aliphatic heterocycles. The number of nitrogens with one attached hydrogen (secondary N) is 1. The average Bonchev–Trinajstić information content (AvgIpc) is 2.47. The molecule has 4 nitrogen and oxygen atoms in total. The van der Waals surface area contributed by atoms with E-state index in [1.165, 1.54) is 0 Å². The topological polar surface area (TPSA) is 51.2 Å². The van der Waals surface area contributed by atoms with Crippen molar-refractivity contribution in [1.82, 2.24) is 10.3 Å². The molecule has 2 aromatic rings. The van der Waals surface area contributed by atoms with Gasteiger partial charge in [-0.3, -0.25) is 9.78 Å². The molecule has 1 N–H and O–H groups in total. The summed E-state index contributed by atoms with van der Waals surface area (Å²) >= 11 is 0. The van der Waals surface area contributed by atoms with Crippen LogP contribution < -0.4 is 10.1 Å². The lowest BCUT2D eigenvalue weighted by Crippen LogP contribution is -2.36. The minimum Gasteiger partial charge on any atom is -0.491 e. The van der Waals surface area contributed by atoms with Crippen LogP contribution in [0.1, 0.15) is 28.4 Å². The molecule has 0 saturated carbocycles. The van der Waals surface area contributed by atoms with Crippen LogP contribution in [0.15, 0.2) is 42.7 Å². The summed E-state index contributed by atoms with van der Waals surface area (Å²) in [5.74, 6) is 0.775. The highest BCUT2D eigenvalue weighted by Crippen LogP contribution is 2.22. The largest absolute Gasteiger partial charge is 0.491 e. The van der Waals surface area contributed by atoms with E-state index in [-0.39, 0.29) is 11.9 Å². The van der Waals surface area contributed by atoms with E-state index in [1.807, 2.05) is 39.0 Å². The number of carbonyl (C=O) groups excluding carboxylic acids is 1. The Morgan fingerprint density at radius 2 is 1.81 bits per heavy atom. The average molecular weight is 284 g/mol. The van der Waals surface area contributed by atoms with Crippen LogP contribution >= 0.6 is 0 Å². The zero-order chi connectivity index (χ0) is 15.2. The smallest absolute Gasteiger partial charge is 0.251 e. The van der Waals surface area contributed by atoms with Gasteiger partial charge in [-0.1, -0.05) is 18.2 Å². The van der Waals surface area contributed by atoms with E-state index in [0.717, 1.165) is 16.9 Å². The molecule has 0 saturated heterocycles. The van der Waals surface area contributed by atoms with Gasteiger partial charge < -0.3 is 10.1 Å². The van der Waals surface area contributed by atoms with Crippen molar-refractivity contribution in [2.75, 3.05) is 6.61 Å². The van der Waals surface area contributed by atoms with E-state index in [1.54, 1.807) is 24.5 Å². The Bertz CT molecular complexity index is 591. The Kier molecular flexibility index (Phi) is 4.93. The summed E-state index contributed by atoms with van der Waals surface area (Å²) in [7, 11) is 0. The Labute approximate surface area is 125 Å². The number of aryl methyl sites for hydroxylation is 2. The van der Waals surface area contributed by atoms with Crippen LogP contribution in [-0.4, -0.2) is 23.5 Å². The minimum atomic E-state index is -0.116. The number of hydrogen-bond donors (Lipinski definition) is 1. The monoisotopic (exact) mass is 284 g/mol. The third-order valence-corrected chi connectivity index (χ3v) is 3.21. The molecule has 0 fully saturated rings. The van der Waals surface area contributed by atoms with E-state index < -0.39 is 0 Å². The second-order valence-electron chi connectivity index (χ2n) is 5.14. The summed E-state index contributed by atoms with van der Waals surface area (Å²) in [5, 5.41) is 2.91. The molecule has 21 heavy (non-hydrogen) atoms. The fourth-order valence-electron chi connectivity index (χ4n) is 2.09. The first kappa shape index (κ1) is 15.0. The summed E-state index contributed by atoms with van der Waals surface area (Å²) in [6, 6.07) is 9.34. The predicted octanol–water partition coefficient (Wildman–Crippen LogP) is 2.90. The molecule has 0 bridgehead atoms. The highest BCUT2D eigenvalue weighted by molar-refractivity contribution is 5.94. The number of carbonyl (C=O) groups is 1. The van der Waals surface area contributed by atoms with Crippen molar-refractivity contribution in [3.8, 4) is 5.75 Å². The van der Waals surface area contributed by atoms with Crippen LogP contribution in [0.3, 0.4) is 0 Å². The van der Waals surface area contributed by atoms with E-state index in [0.29, 0.717) is 12.2 Å². The standard InChI is InChI=1S/C17H20N2O2/c1-12-5-4-6-13(2)16(12)21-11-14(3)19-17(20)15-7-9-18-10-8-15/h4-10,14H,11H2,1-3H3,(H,19,20). The summed E-state index contributed by atoms with van der Waals surface area (Å²) in [4.78, 5) is 15.9. The third kappa shape index (κ3) is 4.05. The first-order chi connectivity index (χ1) is 10.1. The quantitative estimate of drug-likeness (QED) is 0.918. The zero-order valence-corrected chi connectivity index (χ0v) is 12.6. The van der Waals surface area contributed by atoms with Crippen LogP contribution in [-0.2, 0) is 0 Å². The molecule has 1 amide bonds. The number of amides is 1. The highest BCUT2D eigenvalue weighted by Gasteiger charge is 2.11. The molecule has 1 aromatic carbocycles. The maximum atomic E-state index is 12.0. The van der Waals surface area contributed by atoms with Gasteiger partial charge in [0.2, 0.25) is 0 Å². The van der Waals surface area contributed by atoms with Gasteiger partial charge >= 0.3 is 0 Å². The van der Waals surface area contributed by atoms with Crippen LogP contribution in [0.25, 0.3) is 0 Å². The van der Waals surface area contributed by atoms with Gasteiger partial charge in [0.15, 0.2) is 0 Å². The second-order valence-corrected chi connectivity index (χ2v) is 5.14. The lowest BCUT2D eigenvalue weighted by atomic mass is 10.1. The molecular weight excluding hydrogens is 264 g/mol. The Hall–Kier alpha value is -2.36. The van der Waals surface area contributed by atoms with Crippen LogP contribution in [0.4, 0.5) is 0 Å². The van der Waals surface area contributed by atoms with Crippen molar-refractivity contribution >= 4 is 5.91 Å². The van der Waals surface area contributed by atoms with E-state index >= 15 is 0 Å². The molecular formula is C17H20N2O2. The number of hydrogen-bond acceptors (Lipinski definition) is 3. The van der Waals surface area contributed by atoms with Gasteiger partial charge in [0.05, 0.1) is 6.04 Å². The normalized spacial score (nSPS) is 11.8. The molecule has 2 rings (SSSR count). The van der Waals surface area contributed by atoms with Crippen molar-refractivity contribution in [1.29, 1.82) is 0 Å². The van der Waals surface area contributed by atoms with Crippen LogP contribution in [0.5, 0.6) is 5.75 Å². The molecule has 1 heterocycles. The summed E-state index contributed by atoms with van der Waals surface area (Å²) < 4.78 is 5.84. The molecule has 1 aromatic heterocycles. The predicted molar refractivity (Wildman–Crippen MR) is 82.6 cm³/mol. The summed E-state index contributed by atoms with van der Waals surface area (Å²) in [6.07, 6.45) is 3.21.